The van der Waals surface area contributed by atoms with E-state index in [0.29, 0.717) is 23.6 Å². The minimum atomic E-state index is -0.667. The van der Waals surface area contributed by atoms with Gasteiger partial charge in [-0.05, 0) is 54.0 Å². The average molecular weight is 514 g/mol. The summed E-state index contributed by atoms with van der Waals surface area (Å²) in [6.45, 7) is 4.38. The van der Waals surface area contributed by atoms with Crippen LogP contribution >= 0.6 is 0 Å². The van der Waals surface area contributed by atoms with Gasteiger partial charge in [0.15, 0.2) is 5.82 Å². The lowest BCUT2D eigenvalue weighted by molar-refractivity contribution is -0.118. The van der Waals surface area contributed by atoms with Gasteiger partial charge in [-0.25, -0.2) is 28.7 Å². The van der Waals surface area contributed by atoms with Crippen LogP contribution in [0.15, 0.2) is 48.9 Å². The average Bonchev–Trinajstić information content (AvgIpc) is 3.28. The van der Waals surface area contributed by atoms with Crippen molar-refractivity contribution in [3.05, 3.63) is 83.3 Å². The molecule has 3 heterocycles. The summed E-state index contributed by atoms with van der Waals surface area (Å²) in [5.74, 6) is -0.614. The molecule has 192 valence electrons. The number of benzene rings is 1. The number of nitrogens with two attached hydrogens (primary N) is 1. The summed E-state index contributed by atoms with van der Waals surface area (Å²) < 4.78 is 29.0. The standard InChI is InChI=1S/C28H25F2N7O/c1-27(2)17-8-10-28(27,25-16(17)12-20(36-37-25)24-18(29)4-3-5-19(24)30)21-9-11-32-26(35-21)15-13-33-23(34-14-15)7-6-22(31)38/h3-5,9,11-14,17H,6-8,10H2,1-2H3,(H2,31,38)/t17-,28+/m0/s1. The van der Waals surface area contributed by atoms with Crippen LogP contribution in [0.1, 0.15) is 61.8 Å². The Morgan fingerprint density at radius 3 is 2.53 bits per heavy atom. The predicted octanol–water partition coefficient (Wildman–Crippen LogP) is 4.29. The van der Waals surface area contributed by atoms with Gasteiger partial charge in [-0.1, -0.05) is 19.9 Å². The number of fused-ring (bicyclic) bond motifs is 5. The molecule has 0 radical (unpaired) electrons. The van der Waals surface area contributed by atoms with Gasteiger partial charge in [0.05, 0.1) is 33.6 Å². The van der Waals surface area contributed by atoms with Crippen LogP contribution in [0, 0.1) is 17.0 Å². The number of primary amides is 1. The van der Waals surface area contributed by atoms with Crippen LogP contribution in [0.2, 0.25) is 0 Å². The molecule has 0 unspecified atom stereocenters. The van der Waals surface area contributed by atoms with Crippen LogP contribution in [-0.4, -0.2) is 36.0 Å². The molecule has 2 aliphatic rings. The Hall–Kier alpha value is -4.21. The third-order valence-electron chi connectivity index (χ3n) is 8.25. The number of hydrogen-bond donors (Lipinski definition) is 1. The van der Waals surface area contributed by atoms with E-state index in [0.717, 1.165) is 29.8 Å². The van der Waals surface area contributed by atoms with Crippen LogP contribution < -0.4 is 5.73 Å². The quantitative estimate of drug-likeness (QED) is 0.408. The van der Waals surface area contributed by atoms with Crippen molar-refractivity contribution in [1.82, 2.24) is 30.1 Å². The molecule has 38 heavy (non-hydrogen) atoms. The van der Waals surface area contributed by atoms with Gasteiger partial charge in [0.2, 0.25) is 5.91 Å². The maximum Gasteiger partial charge on any atom is 0.217 e. The predicted molar refractivity (Wildman–Crippen MR) is 134 cm³/mol. The van der Waals surface area contributed by atoms with E-state index in [1.54, 1.807) is 24.7 Å². The first-order valence-electron chi connectivity index (χ1n) is 12.5. The van der Waals surface area contributed by atoms with Crippen molar-refractivity contribution < 1.29 is 13.6 Å². The van der Waals surface area contributed by atoms with E-state index in [-0.39, 0.29) is 29.0 Å². The fourth-order valence-corrected chi connectivity index (χ4v) is 6.33. The van der Waals surface area contributed by atoms with Crippen LogP contribution in [0.3, 0.4) is 0 Å². The summed E-state index contributed by atoms with van der Waals surface area (Å²) in [7, 11) is 0. The van der Waals surface area contributed by atoms with Gasteiger partial charge in [-0.15, -0.1) is 5.10 Å². The van der Waals surface area contributed by atoms with E-state index in [4.69, 9.17) is 10.7 Å². The zero-order chi connectivity index (χ0) is 26.7. The van der Waals surface area contributed by atoms with Gasteiger partial charge in [0, 0.05) is 31.4 Å². The number of aromatic nitrogens is 6. The minimum Gasteiger partial charge on any atom is -0.370 e. The molecule has 1 amide bonds. The molecule has 4 aromatic rings. The van der Waals surface area contributed by atoms with E-state index in [1.165, 1.54) is 18.2 Å². The van der Waals surface area contributed by atoms with Crippen molar-refractivity contribution in [2.45, 2.75) is 50.9 Å². The number of carbonyl (C=O) groups excluding carboxylic acids is 1. The Balaban J connectivity index is 1.41. The van der Waals surface area contributed by atoms with Crippen molar-refractivity contribution in [3.8, 4) is 22.6 Å². The molecule has 2 N–H and O–H groups in total. The summed E-state index contributed by atoms with van der Waals surface area (Å²) in [6.07, 6.45) is 7.24. The number of aryl methyl sites for hydroxylation is 1. The molecule has 3 aromatic heterocycles. The second-order valence-corrected chi connectivity index (χ2v) is 10.5. The van der Waals surface area contributed by atoms with E-state index < -0.39 is 23.0 Å². The molecule has 8 nitrogen and oxygen atoms in total. The highest BCUT2D eigenvalue weighted by Crippen LogP contribution is 2.69. The van der Waals surface area contributed by atoms with Crippen LogP contribution in [0.4, 0.5) is 8.78 Å². The molecule has 1 fully saturated rings. The molecule has 2 aliphatic carbocycles. The second kappa shape index (κ2) is 8.68. The normalized spacial score (nSPS) is 20.9. The van der Waals surface area contributed by atoms with Crippen molar-refractivity contribution in [3.63, 3.8) is 0 Å². The number of hydrogen-bond acceptors (Lipinski definition) is 7. The Morgan fingerprint density at radius 1 is 1.08 bits per heavy atom. The summed E-state index contributed by atoms with van der Waals surface area (Å²) in [4.78, 5) is 29.1. The third-order valence-corrected chi connectivity index (χ3v) is 8.25. The Labute approximate surface area is 217 Å². The molecule has 10 heteroatoms. The lowest BCUT2D eigenvalue weighted by Crippen LogP contribution is -2.38. The molecule has 1 saturated carbocycles. The molecule has 1 aromatic carbocycles. The van der Waals surface area contributed by atoms with Gasteiger partial charge < -0.3 is 5.73 Å². The Bertz CT molecular complexity index is 1550. The van der Waals surface area contributed by atoms with E-state index in [9.17, 15) is 13.6 Å². The molecule has 0 aliphatic heterocycles. The largest absolute Gasteiger partial charge is 0.370 e. The molecule has 0 saturated heterocycles. The number of carbonyl (C=O) groups is 1. The van der Waals surface area contributed by atoms with Gasteiger partial charge in [0.1, 0.15) is 17.5 Å². The van der Waals surface area contributed by atoms with Crippen molar-refractivity contribution in [2.75, 3.05) is 0 Å². The third kappa shape index (κ3) is 3.50. The van der Waals surface area contributed by atoms with Crippen molar-refractivity contribution in [1.29, 1.82) is 0 Å². The Kier molecular flexibility index (Phi) is 5.51. The minimum absolute atomic E-state index is 0.132. The lowest BCUT2D eigenvalue weighted by Gasteiger charge is -2.37. The highest BCUT2D eigenvalue weighted by molar-refractivity contribution is 5.73. The number of amides is 1. The first-order valence-corrected chi connectivity index (χ1v) is 12.5. The zero-order valence-electron chi connectivity index (χ0n) is 20.9. The lowest BCUT2D eigenvalue weighted by atomic mass is 9.66. The Morgan fingerprint density at radius 2 is 1.82 bits per heavy atom. The van der Waals surface area contributed by atoms with Crippen molar-refractivity contribution in [2.24, 2.45) is 11.1 Å². The number of rotatable bonds is 6. The molecular weight excluding hydrogens is 488 g/mol. The maximum absolute atomic E-state index is 14.5. The van der Waals surface area contributed by atoms with Crippen molar-refractivity contribution >= 4 is 5.91 Å². The van der Waals surface area contributed by atoms with E-state index in [2.05, 4.69) is 39.0 Å². The fourth-order valence-electron chi connectivity index (χ4n) is 6.33. The topological polar surface area (TPSA) is 120 Å². The molecule has 6 rings (SSSR count). The van der Waals surface area contributed by atoms with E-state index in [1.807, 2.05) is 6.07 Å². The first kappa shape index (κ1) is 24.1. The molecular formula is C28H25F2N7O. The van der Waals surface area contributed by atoms with Gasteiger partial charge in [0.25, 0.3) is 0 Å². The molecule has 0 spiro atoms. The first-order chi connectivity index (χ1) is 18.2. The van der Waals surface area contributed by atoms with Crippen LogP contribution in [-0.2, 0) is 16.6 Å². The van der Waals surface area contributed by atoms with Gasteiger partial charge in [-0.2, -0.15) is 5.10 Å². The maximum atomic E-state index is 14.5. The monoisotopic (exact) mass is 513 g/mol. The number of halogens is 2. The van der Waals surface area contributed by atoms with Gasteiger partial charge >= 0.3 is 0 Å². The van der Waals surface area contributed by atoms with Gasteiger partial charge in [-0.3, -0.25) is 4.79 Å². The molecule has 2 bridgehead atoms. The highest BCUT2D eigenvalue weighted by atomic mass is 19.1. The second-order valence-electron chi connectivity index (χ2n) is 10.5. The summed E-state index contributed by atoms with van der Waals surface area (Å²) >= 11 is 0. The highest BCUT2D eigenvalue weighted by Gasteiger charge is 2.65. The zero-order valence-corrected chi connectivity index (χ0v) is 20.9. The fraction of sp³-hybridized carbons (Fsp3) is 0.321. The summed E-state index contributed by atoms with van der Waals surface area (Å²) in [5.41, 5.74) is 7.64. The summed E-state index contributed by atoms with van der Waals surface area (Å²) in [6, 6.07) is 7.47. The van der Waals surface area contributed by atoms with E-state index >= 15 is 0 Å². The van der Waals surface area contributed by atoms with Crippen LogP contribution in [0.25, 0.3) is 22.6 Å². The summed E-state index contributed by atoms with van der Waals surface area (Å²) in [5, 5.41) is 8.88. The number of nitrogens with zero attached hydrogens (tertiary/aromatic N) is 6. The van der Waals surface area contributed by atoms with Crippen LogP contribution in [0.5, 0.6) is 0 Å². The molecule has 2 atom stereocenters. The smallest absolute Gasteiger partial charge is 0.217 e. The SMILES string of the molecule is CC1(C)[C@H]2CC[C@@]1(c1ccnc(-c3cnc(CCC(N)=O)nc3)n1)c1nnc(-c3c(F)cccc3F)cc12.